The number of pyridine rings is 1. The molecule has 1 amide bonds. The molecule has 1 aromatic heterocycles. The Bertz CT molecular complexity index is 666. The maximum absolute atomic E-state index is 12.3. The Labute approximate surface area is 140 Å². The van der Waals surface area contributed by atoms with Crippen molar-refractivity contribution in [1.29, 1.82) is 0 Å². The SMILES string of the molecule is Cc1cccc(C(=O)Nc2c(C)cc(Cl)nc2Cl)c1I. The van der Waals surface area contributed by atoms with Gasteiger partial charge in [0.1, 0.15) is 5.15 Å². The number of aryl methyl sites for hydroxylation is 2. The average Bonchev–Trinajstić information content (AvgIpc) is 2.36. The molecule has 0 aliphatic rings. The fraction of sp³-hybridized carbons (Fsp3) is 0.143. The van der Waals surface area contributed by atoms with Gasteiger partial charge in [0.2, 0.25) is 0 Å². The zero-order valence-corrected chi connectivity index (χ0v) is 14.5. The maximum atomic E-state index is 12.3. The molecule has 20 heavy (non-hydrogen) atoms. The lowest BCUT2D eigenvalue weighted by molar-refractivity contribution is 0.102. The van der Waals surface area contributed by atoms with Gasteiger partial charge in [0.05, 0.1) is 11.3 Å². The van der Waals surface area contributed by atoms with Gasteiger partial charge in [-0.25, -0.2) is 4.98 Å². The maximum Gasteiger partial charge on any atom is 0.256 e. The van der Waals surface area contributed by atoms with Crippen LogP contribution in [0.4, 0.5) is 5.69 Å². The van der Waals surface area contributed by atoms with Gasteiger partial charge in [0.25, 0.3) is 5.91 Å². The average molecular weight is 421 g/mol. The third-order valence-corrected chi connectivity index (χ3v) is 4.72. The molecule has 0 saturated heterocycles. The van der Waals surface area contributed by atoms with Crippen LogP contribution in [0.25, 0.3) is 0 Å². The predicted octanol–water partition coefficient (Wildman–Crippen LogP) is 4.86. The highest BCUT2D eigenvalue weighted by molar-refractivity contribution is 14.1. The zero-order chi connectivity index (χ0) is 14.9. The van der Waals surface area contributed by atoms with E-state index in [0.29, 0.717) is 16.4 Å². The first-order valence-electron chi connectivity index (χ1n) is 5.79. The number of benzene rings is 1. The molecule has 1 N–H and O–H groups in total. The van der Waals surface area contributed by atoms with Gasteiger partial charge in [-0.15, -0.1) is 0 Å². The van der Waals surface area contributed by atoms with Gasteiger partial charge in [-0.2, -0.15) is 0 Å². The Hall–Kier alpha value is -0.850. The highest BCUT2D eigenvalue weighted by atomic mass is 127. The minimum absolute atomic E-state index is 0.186. The van der Waals surface area contributed by atoms with Crippen molar-refractivity contribution < 1.29 is 4.79 Å². The van der Waals surface area contributed by atoms with E-state index >= 15 is 0 Å². The monoisotopic (exact) mass is 420 g/mol. The van der Waals surface area contributed by atoms with Gasteiger partial charge >= 0.3 is 0 Å². The molecule has 0 aliphatic heterocycles. The van der Waals surface area contributed by atoms with E-state index in [9.17, 15) is 4.79 Å². The molecular weight excluding hydrogens is 410 g/mol. The van der Waals surface area contributed by atoms with E-state index < -0.39 is 0 Å². The summed E-state index contributed by atoms with van der Waals surface area (Å²) in [6.45, 7) is 3.77. The Balaban J connectivity index is 2.36. The smallest absolute Gasteiger partial charge is 0.256 e. The quantitative estimate of drug-likeness (QED) is 0.556. The number of anilines is 1. The van der Waals surface area contributed by atoms with Crippen LogP contribution >= 0.6 is 45.8 Å². The fourth-order valence-electron chi connectivity index (χ4n) is 1.75. The predicted molar refractivity (Wildman–Crippen MR) is 90.8 cm³/mol. The van der Waals surface area contributed by atoms with Crippen LogP contribution in [-0.2, 0) is 0 Å². The van der Waals surface area contributed by atoms with E-state index in [1.807, 2.05) is 26.0 Å². The van der Waals surface area contributed by atoms with Crippen LogP contribution in [0.2, 0.25) is 10.3 Å². The summed E-state index contributed by atoms with van der Waals surface area (Å²) in [5, 5.41) is 3.28. The van der Waals surface area contributed by atoms with Crippen molar-refractivity contribution in [2.75, 3.05) is 5.32 Å². The summed E-state index contributed by atoms with van der Waals surface area (Å²) in [5.41, 5.74) is 2.91. The van der Waals surface area contributed by atoms with Crippen LogP contribution in [0.1, 0.15) is 21.5 Å². The largest absolute Gasteiger partial charge is 0.319 e. The number of rotatable bonds is 2. The van der Waals surface area contributed by atoms with E-state index in [0.717, 1.165) is 14.7 Å². The summed E-state index contributed by atoms with van der Waals surface area (Å²) in [4.78, 5) is 16.3. The van der Waals surface area contributed by atoms with Crippen molar-refractivity contribution in [2.45, 2.75) is 13.8 Å². The van der Waals surface area contributed by atoms with Gasteiger partial charge in [-0.1, -0.05) is 35.3 Å². The third-order valence-electron chi connectivity index (χ3n) is 2.82. The topological polar surface area (TPSA) is 42.0 Å². The summed E-state index contributed by atoms with van der Waals surface area (Å²) >= 11 is 14.0. The first-order valence-corrected chi connectivity index (χ1v) is 7.62. The Kier molecular flexibility index (Phi) is 4.88. The number of hydrogen-bond acceptors (Lipinski definition) is 2. The molecule has 3 nitrogen and oxygen atoms in total. The van der Waals surface area contributed by atoms with Crippen LogP contribution < -0.4 is 5.32 Å². The van der Waals surface area contributed by atoms with Gasteiger partial charge in [0.15, 0.2) is 5.15 Å². The molecule has 2 rings (SSSR count). The van der Waals surface area contributed by atoms with E-state index in [1.165, 1.54) is 0 Å². The number of aromatic nitrogens is 1. The molecule has 1 heterocycles. The minimum atomic E-state index is -0.216. The summed E-state index contributed by atoms with van der Waals surface area (Å²) < 4.78 is 0.915. The molecule has 1 aromatic carbocycles. The molecule has 0 radical (unpaired) electrons. The lowest BCUT2D eigenvalue weighted by atomic mass is 10.1. The second-order valence-corrected chi connectivity index (χ2v) is 6.14. The number of hydrogen-bond donors (Lipinski definition) is 1. The second-order valence-electron chi connectivity index (χ2n) is 4.32. The Morgan fingerprint density at radius 2 is 1.95 bits per heavy atom. The molecule has 0 aliphatic carbocycles. The van der Waals surface area contributed by atoms with Crippen molar-refractivity contribution in [2.24, 2.45) is 0 Å². The minimum Gasteiger partial charge on any atom is -0.319 e. The number of nitrogens with zero attached hydrogens (tertiary/aromatic N) is 1. The molecule has 0 bridgehead atoms. The number of halogens is 3. The number of amides is 1. The number of carbonyl (C=O) groups excluding carboxylic acids is 1. The van der Waals surface area contributed by atoms with Crippen LogP contribution in [-0.4, -0.2) is 10.9 Å². The molecule has 2 aromatic rings. The lowest BCUT2D eigenvalue weighted by Crippen LogP contribution is -2.15. The standard InChI is InChI=1S/C14H11Cl2IN2O/c1-7-4-3-5-9(11(7)17)14(20)19-12-8(2)6-10(15)18-13(12)16/h3-6H,1-2H3,(H,19,20). The van der Waals surface area contributed by atoms with E-state index in [1.54, 1.807) is 12.1 Å². The molecule has 0 atom stereocenters. The first kappa shape index (κ1) is 15.5. The number of nitrogens with one attached hydrogen (secondary N) is 1. The van der Waals surface area contributed by atoms with Crippen molar-refractivity contribution in [3.63, 3.8) is 0 Å². The van der Waals surface area contributed by atoms with Crippen molar-refractivity contribution in [3.8, 4) is 0 Å². The fourth-order valence-corrected chi connectivity index (χ4v) is 2.93. The van der Waals surface area contributed by atoms with Gasteiger partial charge in [-0.3, -0.25) is 4.79 Å². The molecule has 0 unspecified atom stereocenters. The zero-order valence-electron chi connectivity index (χ0n) is 10.8. The van der Waals surface area contributed by atoms with Gasteiger partial charge in [0, 0.05) is 3.57 Å². The Morgan fingerprint density at radius 3 is 2.60 bits per heavy atom. The number of carbonyl (C=O) groups is 1. The molecule has 0 spiro atoms. The van der Waals surface area contributed by atoms with Crippen LogP contribution in [0.3, 0.4) is 0 Å². The third kappa shape index (κ3) is 3.24. The summed E-state index contributed by atoms with van der Waals surface area (Å²) in [5.74, 6) is -0.216. The molecule has 0 saturated carbocycles. The summed E-state index contributed by atoms with van der Waals surface area (Å²) in [6, 6.07) is 7.24. The Morgan fingerprint density at radius 1 is 1.25 bits per heavy atom. The second kappa shape index (κ2) is 6.28. The normalized spacial score (nSPS) is 10.4. The molecule has 6 heteroatoms. The van der Waals surface area contributed by atoms with E-state index in [4.69, 9.17) is 23.2 Å². The highest BCUT2D eigenvalue weighted by Crippen LogP contribution is 2.27. The van der Waals surface area contributed by atoms with Crippen molar-refractivity contribution in [1.82, 2.24) is 4.98 Å². The molecular formula is C14H11Cl2IN2O. The molecule has 104 valence electrons. The van der Waals surface area contributed by atoms with Gasteiger partial charge in [-0.05, 0) is 59.7 Å². The van der Waals surface area contributed by atoms with Gasteiger partial charge < -0.3 is 5.32 Å². The highest BCUT2D eigenvalue weighted by Gasteiger charge is 2.15. The van der Waals surface area contributed by atoms with Crippen LogP contribution in [0.15, 0.2) is 24.3 Å². The first-order chi connectivity index (χ1) is 9.40. The lowest BCUT2D eigenvalue weighted by Gasteiger charge is -2.12. The molecule has 0 fully saturated rings. The van der Waals surface area contributed by atoms with Crippen LogP contribution in [0, 0.1) is 17.4 Å². The van der Waals surface area contributed by atoms with Crippen LogP contribution in [0.5, 0.6) is 0 Å². The van der Waals surface area contributed by atoms with Crippen molar-refractivity contribution >= 4 is 57.4 Å². The van der Waals surface area contributed by atoms with E-state index in [-0.39, 0.29) is 11.1 Å². The summed E-state index contributed by atoms with van der Waals surface area (Å²) in [7, 11) is 0. The summed E-state index contributed by atoms with van der Waals surface area (Å²) in [6.07, 6.45) is 0. The van der Waals surface area contributed by atoms with E-state index in [2.05, 4.69) is 32.9 Å². The van der Waals surface area contributed by atoms with Crippen molar-refractivity contribution in [3.05, 3.63) is 54.8 Å².